The van der Waals surface area contributed by atoms with Gasteiger partial charge in [0.1, 0.15) is 0 Å². The van der Waals surface area contributed by atoms with Gasteiger partial charge in [0.05, 0.1) is 16.2 Å². The molecular weight excluding hydrogens is 434 g/mol. The smallest absolute Gasteiger partial charge is 0.224 e. The van der Waals surface area contributed by atoms with Crippen LogP contribution >= 0.6 is 11.6 Å². The number of anilines is 1. The molecule has 0 spiro atoms. The van der Waals surface area contributed by atoms with Gasteiger partial charge in [-0.25, -0.2) is 0 Å². The molecule has 5 nitrogen and oxygen atoms in total. The maximum atomic E-state index is 13.2. The summed E-state index contributed by atoms with van der Waals surface area (Å²) in [6.07, 6.45) is 11.2. The van der Waals surface area contributed by atoms with Gasteiger partial charge in [-0.15, -0.1) is 0 Å². The lowest BCUT2D eigenvalue weighted by Gasteiger charge is -2.56. The molecule has 0 radical (unpaired) electrons. The van der Waals surface area contributed by atoms with E-state index in [-0.39, 0.29) is 17.9 Å². The number of pyridine rings is 1. The van der Waals surface area contributed by atoms with Crippen molar-refractivity contribution in [1.82, 2.24) is 10.3 Å². The molecule has 4 saturated carbocycles. The van der Waals surface area contributed by atoms with E-state index in [0.29, 0.717) is 17.1 Å². The minimum Gasteiger partial charge on any atom is -0.396 e. The number of fused-ring (bicyclic) bond motifs is 1. The Kier molecular flexibility index (Phi) is 6.91. The van der Waals surface area contributed by atoms with Gasteiger partial charge in [-0.3, -0.25) is 9.78 Å². The van der Waals surface area contributed by atoms with Crippen molar-refractivity contribution in [3.8, 4) is 0 Å². The van der Waals surface area contributed by atoms with E-state index in [1.807, 2.05) is 24.3 Å². The molecular formula is C27H36ClN3O2. The topological polar surface area (TPSA) is 74.2 Å². The fraction of sp³-hybridized carbons (Fsp3) is 0.630. The van der Waals surface area contributed by atoms with Crippen LogP contribution in [0.25, 0.3) is 10.9 Å². The molecule has 178 valence electrons. The molecule has 1 heterocycles. The highest BCUT2D eigenvalue weighted by atomic mass is 35.5. The predicted molar refractivity (Wildman–Crippen MR) is 133 cm³/mol. The second-order valence-electron chi connectivity index (χ2n) is 10.9. The Morgan fingerprint density at radius 2 is 1.73 bits per heavy atom. The number of nitrogens with zero attached hydrogens (tertiary/aromatic N) is 1. The monoisotopic (exact) mass is 469 g/mol. The fourth-order valence-corrected chi connectivity index (χ4v) is 7.45. The van der Waals surface area contributed by atoms with E-state index in [1.54, 1.807) is 0 Å². The minimum atomic E-state index is 0.101. The maximum absolute atomic E-state index is 13.2. The van der Waals surface area contributed by atoms with Crippen molar-refractivity contribution in [3.63, 3.8) is 0 Å². The zero-order valence-electron chi connectivity index (χ0n) is 19.4. The van der Waals surface area contributed by atoms with Crippen LogP contribution in [0.15, 0.2) is 24.3 Å². The largest absolute Gasteiger partial charge is 0.396 e. The molecule has 0 aliphatic heterocycles. The second-order valence-corrected chi connectivity index (χ2v) is 11.3. The molecule has 3 N–H and O–H groups in total. The van der Waals surface area contributed by atoms with Crippen LogP contribution < -0.4 is 10.6 Å². The van der Waals surface area contributed by atoms with E-state index < -0.39 is 0 Å². The molecule has 6 rings (SSSR count). The zero-order valence-corrected chi connectivity index (χ0v) is 20.2. The van der Waals surface area contributed by atoms with Gasteiger partial charge >= 0.3 is 0 Å². The normalized spacial score (nSPS) is 27.9. The molecule has 4 fully saturated rings. The SMILES string of the molecule is O=C(CC12CC3CC(CC(C3)C1)C2)Nc1c(Cl)ccc2nc(CCCNCCCO)ccc12. The summed E-state index contributed by atoms with van der Waals surface area (Å²) >= 11 is 6.54. The molecule has 4 bridgehead atoms. The van der Waals surface area contributed by atoms with E-state index in [2.05, 4.69) is 10.6 Å². The molecule has 0 atom stereocenters. The lowest BCUT2D eigenvalue weighted by atomic mass is 9.49. The number of carbonyl (C=O) groups excluding carboxylic acids is 1. The van der Waals surface area contributed by atoms with Crippen LogP contribution in [0.5, 0.6) is 0 Å². The van der Waals surface area contributed by atoms with Gasteiger partial charge in [-0.2, -0.15) is 0 Å². The number of nitrogens with one attached hydrogen (secondary N) is 2. The van der Waals surface area contributed by atoms with Crippen LogP contribution in [-0.2, 0) is 11.2 Å². The number of rotatable bonds is 10. The third-order valence-electron chi connectivity index (χ3n) is 8.14. The van der Waals surface area contributed by atoms with Crippen LogP contribution in [0.3, 0.4) is 0 Å². The fourth-order valence-electron chi connectivity index (χ4n) is 7.24. The van der Waals surface area contributed by atoms with Gasteiger partial charge < -0.3 is 15.7 Å². The highest BCUT2D eigenvalue weighted by Crippen LogP contribution is 2.61. The number of hydrogen-bond donors (Lipinski definition) is 3. The second kappa shape index (κ2) is 9.89. The van der Waals surface area contributed by atoms with E-state index in [4.69, 9.17) is 21.7 Å². The Hall–Kier alpha value is -1.69. The highest BCUT2D eigenvalue weighted by Gasteiger charge is 2.51. The highest BCUT2D eigenvalue weighted by molar-refractivity contribution is 6.35. The number of aromatic nitrogens is 1. The summed E-state index contributed by atoms with van der Waals surface area (Å²) in [5.74, 6) is 2.64. The number of aliphatic hydroxyl groups is 1. The van der Waals surface area contributed by atoms with Crippen molar-refractivity contribution in [3.05, 3.63) is 35.0 Å². The van der Waals surface area contributed by atoms with Gasteiger partial charge in [0.25, 0.3) is 0 Å². The number of halogens is 1. The van der Waals surface area contributed by atoms with Gasteiger partial charge in [-0.1, -0.05) is 11.6 Å². The standard InChI is InChI=1S/C27H36ClN3O2/c28-23-6-7-24-22(5-4-21(30-24)3-1-8-29-9-2-10-32)26(23)31-25(33)17-27-14-18-11-19(15-27)13-20(12-18)16-27/h4-7,18-20,29,32H,1-3,8-17H2,(H,31,33). The quantitative estimate of drug-likeness (QED) is 0.411. The van der Waals surface area contributed by atoms with Crippen molar-refractivity contribution in [2.24, 2.45) is 23.2 Å². The summed E-state index contributed by atoms with van der Waals surface area (Å²) in [5, 5.41) is 16.8. The third kappa shape index (κ3) is 5.21. The summed E-state index contributed by atoms with van der Waals surface area (Å²) in [6, 6.07) is 7.87. The van der Waals surface area contributed by atoms with Crippen LogP contribution in [-0.4, -0.2) is 35.7 Å². The van der Waals surface area contributed by atoms with Crippen molar-refractivity contribution < 1.29 is 9.90 Å². The molecule has 1 amide bonds. The average molecular weight is 470 g/mol. The van der Waals surface area contributed by atoms with Gasteiger partial charge in [0.15, 0.2) is 0 Å². The minimum absolute atomic E-state index is 0.101. The molecule has 2 aromatic rings. The predicted octanol–water partition coefficient (Wildman–Crippen LogP) is 5.34. The van der Waals surface area contributed by atoms with Gasteiger partial charge in [0, 0.05) is 24.1 Å². The first-order chi connectivity index (χ1) is 16.0. The van der Waals surface area contributed by atoms with Crippen molar-refractivity contribution in [1.29, 1.82) is 0 Å². The molecule has 33 heavy (non-hydrogen) atoms. The van der Waals surface area contributed by atoms with Gasteiger partial charge in [0.2, 0.25) is 5.91 Å². The Labute approximate surface area is 201 Å². The number of hydrogen-bond acceptors (Lipinski definition) is 4. The van der Waals surface area contributed by atoms with Crippen molar-refractivity contribution in [2.75, 3.05) is 25.0 Å². The van der Waals surface area contributed by atoms with Crippen LogP contribution in [0, 0.1) is 23.2 Å². The number of aryl methyl sites for hydroxylation is 1. The maximum Gasteiger partial charge on any atom is 0.224 e. The first-order valence-electron chi connectivity index (χ1n) is 12.7. The first-order valence-corrected chi connectivity index (χ1v) is 13.1. The average Bonchev–Trinajstić information content (AvgIpc) is 2.77. The zero-order chi connectivity index (χ0) is 22.8. The summed E-state index contributed by atoms with van der Waals surface area (Å²) in [7, 11) is 0. The van der Waals surface area contributed by atoms with Crippen molar-refractivity contribution in [2.45, 2.75) is 64.2 Å². The lowest BCUT2D eigenvalue weighted by Crippen LogP contribution is -2.47. The molecule has 0 unspecified atom stereocenters. The summed E-state index contributed by atoms with van der Waals surface area (Å²) in [5.41, 5.74) is 2.83. The summed E-state index contributed by atoms with van der Waals surface area (Å²) in [6.45, 7) is 1.97. The molecule has 4 aliphatic carbocycles. The third-order valence-corrected chi connectivity index (χ3v) is 8.46. The lowest BCUT2D eigenvalue weighted by molar-refractivity contribution is -0.124. The van der Waals surface area contributed by atoms with E-state index in [0.717, 1.165) is 66.7 Å². The summed E-state index contributed by atoms with van der Waals surface area (Å²) < 4.78 is 0. The van der Waals surface area contributed by atoms with E-state index in [1.165, 1.54) is 38.5 Å². The first kappa shape index (κ1) is 23.1. The Morgan fingerprint density at radius 1 is 1.03 bits per heavy atom. The Balaban J connectivity index is 1.24. The van der Waals surface area contributed by atoms with Crippen LogP contribution in [0.4, 0.5) is 5.69 Å². The van der Waals surface area contributed by atoms with Crippen LogP contribution in [0.1, 0.15) is 63.5 Å². The molecule has 4 aliphatic rings. The Morgan fingerprint density at radius 3 is 2.42 bits per heavy atom. The molecule has 6 heteroatoms. The number of benzene rings is 1. The van der Waals surface area contributed by atoms with E-state index >= 15 is 0 Å². The van der Waals surface area contributed by atoms with Crippen LogP contribution in [0.2, 0.25) is 5.02 Å². The number of carbonyl (C=O) groups is 1. The molecule has 1 aromatic carbocycles. The summed E-state index contributed by atoms with van der Waals surface area (Å²) in [4.78, 5) is 18.0. The van der Waals surface area contributed by atoms with Gasteiger partial charge in [-0.05, 0) is 118 Å². The van der Waals surface area contributed by atoms with Crippen molar-refractivity contribution >= 4 is 34.1 Å². The van der Waals surface area contributed by atoms with E-state index in [9.17, 15) is 4.79 Å². The number of amides is 1. The molecule has 0 saturated heterocycles. The molecule has 1 aromatic heterocycles. The number of aliphatic hydroxyl groups excluding tert-OH is 1. The Bertz CT molecular complexity index is 973.